The minimum atomic E-state index is -0.582. The number of nitrogens with two attached hydrogens (primary N) is 1. The maximum Gasteiger partial charge on any atom is 0.341 e. The molecule has 0 aromatic rings. The van der Waals surface area contributed by atoms with Crippen LogP contribution in [0.5, 0.6) is 0 Å². The van der Waals surface area contributed by atoms with E-state index in [2.05, 4.69) is 29.7 Å². The summed E-state index contributed by atoms with van der Waals surface area (Å²) in [5.74, 6) is 0.556. The second-order valence-corrected chi connectivity index (χ2v) is 17.0. The molecule has 0 aromatic carbocycles. The van der Waals surface area contributed by atoms with Crippen molar-refractivity contribution in [3.8, 4) is 0 Å². The topological polar surface area (TPSA) is 178 Å². The zero-order chi connectivity index (χ0) is 40.9. The largest absolute Gasteiger partial charge is 0.462 e. The molecule has 1 spiro atoms. The number of hydrogen-bond acceptors (Lipinski definition) is 10. The summed E-state index contributed by atoms with van der Waals surface area (Å²) in [5, 5.41) is 20.1. The van der Waals surface area contributed by atoms with E-state index in [-0.39, 0.29) is 24.0 Å². The summed E-state index contributed by atoms with van der Waals surface area (Å²) in [5.41, 5.74) is 11.2. The SMILES string of the molecule is CC[C@H]1C=CCC[C@@]2(C[C@@H]3CCC4=C(C(=O)OCCCCCCCCCCCCCCCC(=O)N(CCC[NH3+])C[C@@H](O)CCN)C(CCC[C@@H](C)O)=NC(=N2)N43)O1. The average Bonchev–Trinajstić information content (AvgIpc) is 3.50. The van der Waals surface area contributed by atoms with Crippen molar-refractivity contribution in [1.29, 1.82) is 0 Å². The molecule has 4 rings (SSSR count). The highest BCUT2D eigenvalue weighted by Gasteiger charge is 2.49. The molecule has 0 aromatic heterocycles. The quantitative estimate of drug-likeness (QED) is 0.0377. The van der Waals surface area contributed by atoms with Crippen molar-refractivity contribution in [3.05, 3.63) is 23.4 Å². The van der Waals surface area contributed by atoms with Gasteiger partial charge in [0.1, 0.15) is 5.57 Å². The lowest BCUT2D eigenvalue weighted by Gasteiger charge is -2.43. The summed E-state index contributed by atoms with van der Waals surface area (Å²) < 4.78 is 12.6. The maximum atomic E-state index is 13.7. The fraction of sp³-hybridized carbons (Fsp3) is 0.822. The number of nitrogens with zero attached hydrogens (tertiary/aromatic N) is 4. The van der Waals surface area contributed by atoms with Crippen LogP contribution < -0.4 is 11.5 Å². The summed E-state index contributed by atoms with van der Waals surface area (Å²) >= 11 is 0. The van der Waals surface area contributed by atoms with E-state index in [1.807, 2.05) is 0 Å². The Labute approximate surface area is 344 Å². The monoisotopic (exact) mass is 800 g/mol. The van der Waals surface area contributed by atoms with Crippen LogP contribution in [-0.2, 0) is 19.1 Å². The Hall–Kier alpha value is -2.64. The number of aliphatic hydroxyl groups is 2. The fourth-order valence-corrected chi connectivity index (χ4v) is 8.81. The molecule has 5 atom stereocenters. The molecule has 0 saturated carbocycles. The number of rotatable bonds is 29. The van der Waals surface area contributed by atoms with Crippen molar-refractivity contribution in [1.82, 2.24) is 9.80 Å². The van der Waals surface area contributed by atoms with Gasteiger partial charge in [0.15, 0.2) is 5.72 Å². The number of carbonyl (C=O) groups excluding carboxylic acids is 2. The number of ether oxygens (including phenoxy) is 2. The Balaban J connectivity index is 1.09. The van der Waals surface area contributed by atoms with Gasteiger partial charge in [-0.05, 0) is 77.7 Å². The molecule has 0 aliphatic carbocycles. The number of aliphatic hydroxyl groups excluding tert-OH is 2. The van der Waals surface area contributed by atoms with Gasteiger partial charge in [-0.25, -0.2) is 14.8 Å². The standard InChI is InChI=1S/C45H78N6O6/c1-3-38-22-16-17-28-45(57-38)33-36-25-26-40-42(39(23-19-21-35(2)52)48-44(49-45)51(36)40)43(55)56-32-18-14-12-10-8-6-4-5-7-9-11-13-15-24-41(54)50(31-20-29-46)34-37(53)27-30-47/h16,22,35-38,52-53H,3-15,17-21,23-34,46-47H2,1-2H3/p+1/t35-,36+,37+,38+,45+/m1/s1. The number of guanidine groups is 1. The zero-order valence-electron chi connectivity index (χ0n) is 35.8. The molecule has 4 aliphatic heterocycles. The number of hydrogen-bond donors (Lipinski definition) is 4. The molecule has 4 heterocycles. The second kappa shape index (κ2) is 25.8. The first-order chi connectivity index (χ1) is 27.7. The number of carbonyl (C=O) groups is 2. The molecule has 4 aliphatic rings. The first-order valence-electron chi connectivity index (χ1n) is 23.0. The molecule has 57 heavy (non-hydrogen) atoms. The predicted molar refractivity (Wildman–Crippen MR) is 227 cm³/mol. The van der Waals surface area contributed by atoms with Gasteiger partial charge in [-0.1, -0.05) is 89.7 Å². The van der Waals surface area contributed by atoms with Gasteiger partial charge in [0.25, 0.3) is 0 Å². The Morgan fingerprint density at radius 1 is 1.02 bits per heavy atom. The minimum Gasteiger partial charge on any atom is -0.462 e. The number of esters is 1. The van der Waals surface area contributed by atoms with Crippen molar-refractivity contribution < 1.29 is 35.0 Å². The van der Waals surface area contributed by atoms with Crippen molar-refractivity contribution in [2.24, 2.45) is 15.7 Å². The highest BCUT2D eigenvalue weighted by atomic mass is 16.5. The predicted octanol–water partition coefficient (Wildman–Crippen LogP) is 6.49. The Kier molecular flexibility index (Phi) is 21.3. The second-order valence-electron chi connectivity index (χ2n) is 17.0. The fourth-order valence-electron chi connectivity index (χ4n) is 8.81. The summed E-state index contributed by atoms with van der Waals surface area (Å²) in [6.45, 7) is 6.62. The third-order valence-corrected chi connectivity index (χ3v) is 12.1. The van der Waals surface area contributed by atoms with Crippen molar-refractivity contribution in [3.63, 3.8) is 0 Å². The van der Waals surface area contributed by atoms with Gasteiger partial charge in [-0.3, -0.25) is 4.79 Å². The molecular formula is C45H79N6O6+. The first-order valence-corrected chi connectivity index (χ1v) is 23.0. The molecule has 1 saturated heterocycles. The molecular weight excluding hydrogens is 721 g/mol. The highest BCUT2D eigenvalue weighted by Crippen LogP contribution is 2.45. The zero-order valence-corrected chi connectivity index (χ0v) is 35.8. The third-order valence-electron chi connectivity index (χ3n) is 12.1. The van der Waals surface area contributed by atoms with Gasteiger partial charge in [-0.2, -0.15) is 0 Å². The van der Waals surface area contributed by atoms with E-state index < -0.39 is 17.9 Å². The average molecular weight is 800 g/mol. The van der Waals surface area contributed by atoms with Gasteiger partial charge in [0.2, 0.25) is 11.9 Å². The highest BCUT2D eigenvalue weighted by molar-refractivity contribution is 6.24. The van der Waals surface area contributed by atoms with Crippen LogP contribution in [0.1, 0.15) is 174 Å². The lowest BCUT2D eigenvalue weighted by Crippen LogP contribution is -2.51. The van der Waals surface area contributed by atoms with Crippen LogP contribution in [0, 0.1) is 0 Å². The van der Waals surface area contributed by atoms with Crippen LogP contribution in [0.15, 0.2) is 33.4 Å². The van der Waals surface area contributed by atoms with Gasteiger partial charge in [-0.15, -0.1) is 0 Å². The molecule has 12 heteroatoms. The number of quaternary nitrogens is 1. The van der Waals surface area contributed by atoms with Gasteiger partial charge >= 0.3 is 5.97 Å². The van der Waals surface area contributed by atoms with Crippen LogP contribution in [0.2, 0.25) is 0 Å². The van der Waals surface area contributed by atoms with E-state index in [1.165, 1.54) is 51.4 Å². The Morgan fingerprint density at radius 3 is 2.35 bits per heavy atom. The van der Waals surface area contributed by atoms with Crippen molar-refractivity contribution >= 4 is 23.5 Å². The Morgan fingerprint density at radius 2 is 1.70 bits per heavy atom. The normalized spacial score (nSPS) is 22.6. The first kappa shape index (κ1) is 47.0. The molecule has 1 amide bonds. The van der Waals surface area contributed by atoms with E-state index in [1.54, 1.807) is 11.8 Å². The van der Waals surface area contributed by atoms with Crippen LogP contribution in [0.25, 0.3) is 0 Å². The third kappa shape index (κ3) is 15.5. The number of allylic oxidation sites excluding steroid dienone is 2. The minimum absolute atomic E-state index is 0.0490. The molecule has 0 unspecified atom stereocenters. The van der Waals surface area contributed by atoms with Gasteiger partial charge < -0.3 is 41.0 Å². The van der Waals surface area contributed by atoms with E-state index in [0.717, 1.165) is 101 Å². The molecule has 0 bridgehead atoms. The summed E-state index contributed by atoms with van der Waals surface area (Å²) in [4.78, 5) is 40.7. The molecule has 324 valence electrons. The van der Waals surface area contributed by atoms with Gasteiger partial charge in [0, 0.05) is 50.5 Å². The molecule has 0 radical (unpaired) electrons. The van der Waals surface area contributed by atoms with Crippen LogP contribution in [0.4, 0.5) is 0 Å². The summed E-state index contributed by atoms with van der Waals surface area (Å²) in [6, 6.07) is 0.210. The lowest BCUT2D eigenvalue weighted by atomic mass is 9.95. The van der Waals surface area contributed by atoms with E-state index in [9.17, 15) is 19.8 Å². The number of unbranched alkanes of at least 4 members (excludes halogenated alkanes) is 12. The van der Waals surface area contributed by atoms with E-state index in [0.29, 0.717) is 63.5 Å². The number of amides is 1. The van der Waals surface area contributed by atoms with Crippen LogP contribution in [0.3, 0.4) is 0 Å². The molecule has 7 N–H and O–H groups in total. The van der Waals surface area contributed by atoms with Crippen molar-refractivity contribution in [2.45, 2.75) is 204 Å². The molecule has 12 nitrogen and oxygen atoms in total. The summed E-state index contributed by atoms with van der Waals surface area (Å²) in [6.07, 6.45) is 27.6. The maximum absolute atomic E-state index is 13.7. The van der Waals surface area contributed by atoms with Crippen LogP contribution >= 0.6 is 0 Å². The smallest absolute Gasteiger partial charge is 0.341 e. The van der Waals surface area contributed by atoms with E-state index >= 15 is 0 Å². The lowest BCUT2D eigenvalue weighted by molar-refractivity contribution is -0.368. The van der Waals surface area contributed by atoms with Crippen LogP contribution in [-0.4, -0.2) is 106 Å². The van der Waals surface area contributed by atoms with Gasteiger partial charge in [0.05, 0.1) is 37.2 Å². The van der Waals surface area contributed by atoms with E-state index in [4.69, 9.17) is 25.2 Å². The number of aliphatic imine (C=N–C) groups is 2. The van der Waals surface area contributed by atoms with Crippen molar-refractivity contribution in [2.75, 3.05) is 32.8 Å². The summed E-state index contributed by atoms with van der Waals surface area (Å²) in [7, 11) is 0. The Bertz CT molecular complexity index is 1350. The molecule has 1 fully saturated rings.